The molecule has 10 heavy (non-hydrogen) atoms. The Hall–Kier alpha value is -0.440. The van der Waals surface area contributed by atoms with Gasteiger partial charge in [0.25, 0.3) is 0 Å². The Labute approximate surface area is 64.6 Å². The van der Waals surface area contributed by atoms with Crippen molar-refractivity contribution in [3.63, 3.8) is 0 Å². The number of rotatable bonds is 2. The standard InChI is InChI=1S/C7H10O2S/c1-2-9-7(8)6-3-4-10-5-6/h3-4,6H,2,5H2,1H3. The molecule has 0 saturated carbocycles. The molecule has 0 aromatic heterocycles. The predicted octanol–water partition coefficient (Wildman–Crippen LogP) is 1.43. The fourth-order valence-electron chi connectivity index (χ4n) is 0.761. The molecule has 0 amide bonds. The molecule has 1 aliphatic rings. The van der Waals surface area contributed by atoms with Crippen molar-refractivity contribution in [2.24, 2.45) is 5.92 Å². The molecule has 1 rings (SSSR count). The van der Waals surface area contributed by atoms with E-state index in [1.807, 2.05) is 18.4 Å². The molecule has 1 atom stereocenters. The number of carbonyl (C=O) groups excluding carboxylic acids is 1. The lowest BCUT2D eigenvalue weighted by Gasteiger charge is -2.04. The Morgan fingerprint density at radius 3 is 3.20 bits per heavy atom. The Morgan fingerprint density at radius 2 is 2.70 bits per heavy atom. The van der Waals surface area contributed by atoms with E-state index >= 15 is 0 Å². The zero-order chi connectivity index (χ0) is 7.40. The molecule has 1 aliphatic heterocycles. The van der Waals surface area contributed by atoms with Crippen molar-refractivity contribution < 1.29 is 9.53 Å². The third-order valence-corrected chi connectivity index (χ3v) is 2.17. The first-order valence-electron chi connectivity index (χ1n) is 3.29. The van der Waals surface area contributed by atoms with Gasteiger partial charge < -0.3 is 4.74 Å². The molecule has 1 unspecified atom stereocenters. The number of carbonyl (C=O) groups is 1. The van der Waals surface area contributed by atoms with Crippen LogP contribution in [0.1, 0.15) is 6.92 Å². The van der Waals surface area contributed by atoms with Crippen molar-refractivity contribution in [1.82, 2.24) is 0 Å². The van der Waals surface area contributed by atoms with E-state index in [0.717, 1.165) is 5.75 Å². The predicted molar refractivity (Wildman–Crippen MR) is 41.7 cm³/mol. The molecule has 0 bridgehead atoms. The van der Waals surface area contributed by atoms with Crippen LogP contribution in [0.5, 0.6) is 0 Å². The minimum absolute atomic E-state index is 0.00458. The molecule has 0 spiro atoms. The van der Waals surface area contributed by atoms with Crippen LogP contribution in [0.2, 0.25) is 0 Å². The highest BCUT2D eigenvalue weighted by Gasteiger charge is 2.19. The van der Waals surface area contributed by atoms with Crippen molar-refractivity contribution in [1.29, 1.82) is 0 Å². The molecule has 0 aliphatic carbocycles. The lowest BCUT2D eigenvalue weighted by Crippen LogP contribution is -2.15. The Balaban J connectivity index is 2.33. The second-order valence-corrected chi connectivity index (χ2v) is 2.96. The van der Waals surface area contributed by atoms with Crippen molar-refractivity contribution >= 4 is 17.7 Å². The molecule has 0 aromatic rings. The summed E-state index contributed by atoms with van der Waals surface area (Å²) in [7, 11) is 0. The molecule has 0 radical (unpaired) electrons. The molecular weight excluding hydrogens is 148 g/mol. The zero-order valence-corrected chi connectivity index (χ0v) is 6.69. The number of thioether (sulfide) groups is 1. The molecule has 0 saturated heterocycles. The Morgan fingerprint density at radius 1 is 1.90 bits per heavy atom. The molecular formula is C7H10O2S. The summed E-state index contributed by atoms with van der Waals surface area (Å²) in [6.07, 6.45) is 1.89. The zero-order valence-electron chi connectivity index (χ0n) is 5.87. The van der Waals surface area contributed by atoms with E-state index in [1.165, 1.54) is 0 Å². The maximum Gasteiger partial charge on any atom is 0.313 e. The normalized spacial score (nSPS) is 23.1. The third kappa shape index (κ3) is 1.77. The summed E-state index contributed by atoms with van der Waals surface area (Å²) in [5.41, 5.74) is 0. The van der Waals surface area contributed by atoms with Gasteiger partial charge in [0, 0.05) is 5.75 Å². The van der Waals surface area contributed by atoms with Crippen LogP contribution in [0, 0.1) is 5.92 Å². The maximum atomic E-state index is 11.0. The van der Waals surface area contributed by atoms with Crippen LogP contribution in [0.3, 0.4) is 0 Å². The van der Waals surface area contributed by atoms with E-state index in [0.29, 0.717) is 6.61 Å². The monoisotopic (exact) mass is 158 g/mol. The van der Waals surface area contributed by atoms with Gasteiger partial charge in [-0.3, -0.25) is 4.79 Å². The number of ether oxygens (including phenoxy) is 1. The average Bonchev–Trinajstić information content (AvgIpc) is 2.38. The smallest absolute Gasteiger partial charge is 0.313 e. The summed E-state index contributed by atoms with van der Waals surface area (Å²) >= 11 is 1.65. The molecule has 0 aromatic carbocycles. The molecule has 0 fully saturated rings. The van der Waals surface area contributed by atoms with Gasteiger partial charge in [0.2, 0.25) is 0 Å². The van der Waals surface area contributed by atoms with E-state index in [-0.39, 0.29) is 11.9 Å². The average molecular weight is 158 g/mol. The first kappa shape index (κ1) is 7.66. The summed E-state index contributed by atoms with van der Waals surface area (Å²) in [5.74, 6) is 0.757. The van der Waals surface area contributed by atoms with Gasteiger partial charge in [-0.25, -0.2) is 0 Å². The fourth-order valence-corrected chi connectivity index (χ4v) is 1.63. The SMILES string of the molecule is CCOC(=O)C1C=CSC1. The minimum Gasteiger partial charge on any atom is -0.466 e. The van der Waals surface area contributed by atoms with Crippen molar-refractivity contribution in [2.45, 2.75) is 6.92 Å². The number of hydrogen-bond donors (Lipinski definition) is 0. The van der Waals surface area contributed by atoms with Crippen molar-refractivity contribution in [3.8, 4) is 0 Å². The fraction of sp³-hybridized carbons (Fsp3) is 0.571. The second kappa shape index (κ2) is 3.66. The highest BCUT2D eigenvalue weighted by Crippen LogP contribution is 2.20. The Kier molecular flexibility index (Phi) is 2.81. The summed E-state index contributed by atoms with van der Waals surface area (Å²) in [6, 6.07) is 0. The van der Waals surface area contributed by atoms with Crippen molar-refractivity contribution in [2.75, 3.05) is 12.4 Å². The molecule has 2 nitrogen and oxygen atoms in total. The van der Waals surface area contributed by atoms with Crippen LogP contribution in [-0.4, -0.2) is 18.3 Å². The molecule has 1 heterocycles. The van der Waals surface area contributed by atoms with Crippen LogP contribution >= 0.6 is 11.8 Å². The van der Waals surface area contributed by atoms with Crippen LogP contribution in [0.4, 0.5) is 0 Å². The van der Waals surface area contributed by atoms with Crippen LogP contribution in [0.15, 0.2) is 11.5 Å². The van der Waals surface area contributed by atoms with Gasteiger partial charge in [-0.15, -0.1) is 11.8 Å². The number of esters is 1. The van der Waals surface area contributed by atoms with E-state index in [1.54, 1.807) is 11.8 Å². The van der Waals surface area contributed by atoms with Gasteiger partial charge in [-0.2, -0.15) is 0 Å². The summed E-state index contributed by atoms with van der Waals surface area (Å²) in [4.78, 5) is 11.0. The van der Waals surface area contributed by atoms with Gasteiger partial charge in [-0.1, -0.05) is 6.08 Å². The Bertz CT molecular complexity index is 154. The van der Waals surface area contributed by atoms with Gasteiger partial charge in [-0.05, 0) is 12.3 Å². The lowest BCUT2D eigenvalue weighted by atomic mass is 10.2. The van der Waals surface area contributed by atoms with E-state index in [9.17, 15) is 4.79 Å². The number of hydrogen-bond acceptors (Lipinski definition) is 3. The van der Waals surface area contributed by atoms with Gasteiger partial charge in [0.05, 0.1) is 12.5 Å². The van der Waals surface area contributed by atoms with E-state index in [4.69, 9.17) is 4.74 Å². The largest absolute Gasteiger partial charge is 0.466 e. The van der Waals surface area contributed by atoms with Gasteiger partial charge in [0.15, 0.2) is 0 Å². The van der Waals surface area contributed by atoms with E-state index < -0.39 is 0 Å². The molecule has 3 heteroatoms. The quantitative estimate of drug-likeness (QED) is 0.569. The van der Waals surface area contributed by atoms with Crippen LogP contribution in [0.25, 0.3) is 0 Å². The van der Waals surface area contributed by atoms with Crippen molar-refractivity contribution in [3.05, 3.63) is 11.5 Å². The molecule has 0 N–H and O–H groups in total. The second-order valence-electron chi connectivity index (χ2n) is 2.02. The summed E-state index contributed by atoms with van der Waals surface area (Å²) in [6.45, 7) is 2.30. The van der Waals surface area contributed by atoms with E-state index in [2.05, 4.69) is 0 Å². The highest BCUT2D eigenvalue weighted by atomic mass is 32.2. The topological polar surface area (TPSA) is 26.3 Å². The van der Waals surface area contributed by atoms with Crippen LogP contribution < -0.4 is 0 Å². The van der Waals surface area contributed by atoms with Gasteiger partial charge in [0.1, 0.15) is 0 Å². The molecule has 56 valence electrons. The third-order valence-electron chi connectivity index (χ3n) is 1.27. The maximum absolute atomic E-state index is 11.0. The summed E-state index contributed by atoms with van der Waals surface area (Å²) < 4.78 is 4.82. The summed E-state index contributed by atoms with van der Waals surface area (Å²) in [5, 5.41) is 1.95. The lowest BCUT2D eigenvalue weighted by molar-refractivity contribution is -0.145. The first-order valence-corrected chi connectivity index (χ1v) is 4.34. The van der Waals surface area contributed by atoms with Gasteiger partial charge >= 0.3 is 5.97 Å². The minimum atomic E-state index is -0.0937. The van der Waals surface area contributed by atoms with Crippen LogP contribution in [-0.2, 0) is 9.53 Å². The highest BCUT2D eigenvalue weighted by molar-refractivity contribution is 8.02. The first-order chi connectivity index (χ1) is 4.84.